The molecule has 0 atom stereocenters. The molecule has 2 rings (SSSR count). The van der Waals surface area contributed by atoms with Crippen LogP contribution in [0.25, 0.3) is 0 Å². The number of carbonyl (C=O) groups is 1. The van der Waals surface area contributed by atoms with E-state index in [0.717, 1.165) is 5.69 Å². The Labute approximate surface area is 124 Å². The van der Waals surface area contributed by atoms with E-state index in [0.29, 0.717) is 30.0 Å². The van der Waals surface area contributed by atoms with Crippen LogP contribution in [-0.2, 0) is 6.42 Å². The highest BCUT2D eigenvalue weighted by molar-refractivity contribution is 5.95. The number of aromatic nitrogens is 1. The molecule has 0 aliphatic carbocycles. The highest BCUT2D eigenvalue weighted by Crippen LogP contribution is 2.23. The summed E-state index contributed by atoms with van der Waals surface area (Å²) in [7, 11) is 3.41. The summed E-state index contributed by atoms with van der Waals surface area (Å²) in [5.41, 5.74) is 7.91. The zero-order valence-electron chi connectivity index (χ0n) is 12.2. The van der Waals surface area contributed by atoms with E-state index >= 15 is 0 Å². The summed E-state index contributed by atoms with van der Waals surface area (Å²) in [6.45, 7) is 0.488. The van der Waals surface area contributed by atoms with E-state index in [1.807, 2.05) is 18.2 Å². The molecule has 0 unspecified atom stereocenters. The topological polar surface area (TPSA) is 68.5 Å². The Morgan fingerprint density at radius 2 is 2.10 bits per heavy atom. The second-order valence-electron chi connectivity index (χ2n) is 4.87. The third-order valence-corrected chi connectivity index (χ3v) is 3.00. The van der Waals surface area contributed by atoms with E-state index in [-0.39, 0.29) is 5.91 Å². The fraction of sp³-hybridized carbons (Fsp3) is 0.250. The van der Waals surface area contributed by atoms with Crippen molar-refractivity contribution in [2.75, 3.05) is 26.4 Å². The van der Waals surface area contributed by atoms with Crippen molar-refractivity contribution in [3.63, 3.8) is 0 Å². The quantitative estimate of drug-likeness (QED) is 0.853. The molecule has 5 heteroatoms. The number of nitrogens with two attached hydrogens (primary N) is 1. The predicted molar refractivity (Wildman–Crippen MR) is 82.3 cm³/mol. The lowest BCUT2D eigenvalue weighted by Crippen LogP contribution is -2.21. The van der Waals surface area contributed by atoms with Gasteiger partial charge in [-0.1, -0.05) is 6.07 Å². The first-order valence-corrected chi connectivity index (χ1v) is 6.72. The van der Waals surface area contributed by atoms with Crippen molar-refractivity contribution in [3.05, 3.63) is 53.9 Å². The first kappa shape index (κ1) is 14.8. The first-order valence-electron chi connectivity index (χ1n) is 6.72. The Bertz CT molecular complexity index is 612. The highest BCUT2D eigenvalue weighted by atomic mass is 16.5. The van der Waals surface area contributed by atoms with Crippen LogP contribution in [0.3, 0.4) is 0 Å². The van der Waals surface area contributed by atoms with Crippen LogP contribution in [0.5, 0.6) is 5.75 Å². The van der Waals surface area contributed by atoms with Gasteiger partial charge in [-0.2, -0.15) is 0 Å². The Balaban J connectivity index is 1.97. The molecule has 0 radical (unpaired) electrons. The monoisotopic (exact) mass is 285 g/mol. The second-order valence-corrected chi connectivity index (χ2v) is 4.87. The Hall–Kier alpha value is -2.56. The summed E-state index contributed by atoms with van der Waals surface area (Å²) < 4.78 is 5.65. The summed E-state index contributed by atoms with van der Waals surface area (Å²) in [4.78, 5) is 17.6. The molecule has 0 fully saturated rings. The third kappa shape index (κ3) is 3.95. The molecule has 0 saturated heterocycles. The molecule has 21 heavy (non-hydrogen) atoms. The number of ether oxygens (including phenoxy) is 1. The zero-order valence-corrected chi connectivity index (χ0v) is 12.2. The molecule has 1 aromatic heterocycles. The zero-order chi connectivity index (χ0) is 15.2. The molecule has 0 bridgehead atoms. The third-order valence-electron chi connectivity index (χ3n) is 3.00. The average Bonchev–Trinajstić information content (AvgIpc) is 2.49. The molecule has 0 aliphatic rings. The number of rotatable bonds is 5. The predicted octanol–water partition coefficient (Wildman–Crippen LogP) is 1.99. The minimum Gasteiger partial charge on any atom is -0.491 e. The molecular weight excluding hydrogens is 266 g/mol. The van der Waals surface area contributed by atoms with Gasteiger partial charge in [0, 0.05) is 38.0 Å². The van der Waals surface area contributed by atoms with Gasteiger partial charge < -0.3 is 15.4 Å². The van der Waals surface area contributed by atoms with Crippen LogP contribution in [0.15, 0.2) is 42.6 Å². The lowest BCUT2D eigenvalue weighted by Gasteiger charge is -2.13. The van der Waals surface area contributed by atoms with Crippen molar-refractivity contribution in [3.8, 4) is 5.75 Å². The molecule has 0 saturated carbocycles. The second kappa shape index (κ2) is 6.74. The van der Waals surface area contributed by atoms with Crippen LogP contribution in [0, 0.1) is 0 Å². The minimum absolute atomic E-state index is 0.0817. The number of benzene rings is 1. The van der Waals surface area contributed by atoms with Gasteiger partial charge in [0.1, 0.15) is 5.75 Å². The van der Waals surface area contributed by atoms with E-state index in [1.165, 1.54) is 4.90 Å². The van der Waals surface area contributed by atoms with Gasteiger partial charge in [0.25, 0.3) is 5.91 Å². The summed E-state index contributed by atoms with van der Waals surface area (Å²) in [6.07, 6.45) is 2.46. The summed E-state index contributed by atoms with van der Waals surface area (Å²) in [5, 5.41) is 0. The molecule has 110 valence electrons. The van der Waals surface area contributed by atoms with Crippen molar-refractivity contribution in [1.29, 1.82) is 0 Å². The highest BCUT2D eigenvalue weighted by Gasteiger charge is 2.10. The van der Waals surface area contributed by atoms with Gasteiger partial charge in [-0.25, -0.2) is 0 Å². The van der Waals surface area contributed by atoms with Gasteiger partial charge in [0.15, 0.2) is 0 Å². The van der Waals surface area contributed by atoms with E-state index in [9.17, 15) is 4.79 Å². The number of carbonyl (C=O) groups excluding carboxylic acids is 1. The van der Waals surface area contributed by atoms with Crippen LogP contribution in [0.4, 0.5) is 5.69 Å². The van der Waals surface area contributed by atoms with Gasteiger partial charge in [-0.15, -0.1) is 0 Å². The Morgan fingerprint density at radius 3 is 2.71 bits per heavy atom. The van der Waals surface area contributed by atoms with Gasteiger partial charge in [-0.05, 0) is 30.3 Å². The van der Waals surface area contributed by atoms with Gasteiger partial charge >= 0.3 is 0 Å². The largest absolute Gasteiger partial charge is 0.491 e. The molecule has 1 heterocycles. The lowest BCUT2D eigenvalue weighted by atomic mass is 10.1. The maximum absolute atomic E-state index is 11.8. The maximum atomic E-state index is 11.8. The average molecular weight is 285 g/mol. The smallest absolute Gasteiger partial charge is 0.253 e. The van der Waals surface area contributed by atoms with Gasteiger partial charge in [-0.3, -0.25) is 9.78 Å². The molecule has 0 aliphatic heterocycles. The number of pyridine rings is 1. The molecule has 5 nitrogen and oxygen atoms in total. The number of amides is 1. The minimum atomic E-state index is -0.0817. The summed E-state index contributed by atoms with van der Waals surface area (Å²) in [5.74, 6) is 0.503. The van der Waals surface area contributed by atoms with Crippen LogP contribution in [0.2, 0.25) is 0 Å². The maximum Gasteiger partial charge on any atom is 0.253 e. The summed E-state index contributed by atoms with van der Waals surface area (Å²) >= 11 is 0. The molecule has 2 N–H and O–H groups in total. The molecule has 1 amide bonds. The summed E-state index contributed by atoms with van der Waals surface area (Å²) in [6, 6.07) is 10.9. The van der Waals surface area contributed by atoms with Crippen molar-refractivity contribution in [2.24, 2.45) is 0 Å². The molecule has 0 spiro atoms. The molecular formula is C16H19N3O2. The SMILES string of the molecule is CN(C)C(=O)c1ccc(OCCc2ccccn2)c(N)c1. The molecule has 1 aromatic carbocycles. The number of nitrogen functional groups attached to an aromatic ring is 1. The fourth-order valence-corrected chi connectivity index (χ4v) is 1.88. The van der Waals surface area contributed by atoms with Crippen LogP contribution in [0.1, 0.15) is 16.1 Å². The number of hydrogen-bond donors (Lipinski definition) is 1. The lowest BCUT2D eigenvalue weighted by molar-refractivity contribution is 0.0827. The standard InChI is InChI=1S/C16H19N3O2/c1-19(2)16(20)12-6-7-15(14(17)11-12)21-10-8-13-5-3-4-9-18-13/h3-7,9,11H,8,10,17H2,1-2H3. The number of anilines is 1. The number of nitrogens with zero attached hydrogens (tertiary/aromatic N) is 2. The van der Waals surface area contributed by atoms with E-state index in [1.54, 1.807) is 38.5 Å². The van der Waals surface area contributed by atoms with Crippen LogP contribution in [-0.4, -0.2) is 36.5 Å². The van der Waals surface area contributed by atoms with Crippen molar-refractivity contribution < 1.29 is 9.53 Å². The van der Waals surface area contributed by atoms with Crippen molar-refractivity contribution >= 4 is 11.6 Å². The van der Waals surface area contributed by atoms with E-state index in [4.69, 9.17) is 10.5 Å². The number of hydrogen-bond acceptors (Lipinski definition) is 4. The Morgan fingerprint density at radius 1 is 1.29 bits per heavy atom. The van der Waals surface area contributed by atoms with Gasteiger partial charge in [0.2, 0.25) is 0 Å². The first-order chi connectivity index (χ1) is 10.1. The fourth-order valence-electron chi connectivity index (χ4n) is 1.88. The van der Waals surface area contributed by atoms with E-state index < -0.39 is 0 Å². The van der Waals surface area contributed by atoms with Crippen molar-refractivity contribution in [1.82, 2.24) is 9.88 Å². The van der Waals surface area contributed by atoms with Gasteiger partial charge in [0.05, 0.1) is 12.3 Å². The Kier molecular flexibility index (Phi) is 4.77. The normalized spacial score (nSPS) is 10.2. The van der Waals surface area contributed by atoms with E-state index in [2.05, 4.69) is 4.98 Å². The van der Waals surface area contributed by atoms with Crippen molar-refractivity contribution in [2.45, 2.75) is 6.42 Å². The molecule has 2 aromatic rings. The van der Waals surface area contributed by atoms with Crippen LogP contribution >= 0.6 is 0 Å². The van der Waals surface area contributed by atoms with Crippen LogP contribution < -0.4 is 10.5 Å².